The van der Waals surface area contributed by atoms with Crippen LogP contribution in [0.4, 0.5) is 0 Å². The number of hydrogen-bond acceptors (Lipinski definition) is 13. The van der Waals surface area contributed by atoms with E-state index in [1.165, 1.54) is 48.7 Å². The van der Waals surface area contributed by atoms with E-state index in [-0.39, 0.29) is 58.7 Å². The van der Waals surface area contributed by atoms with E-state index in [0.29, 0.717) is 67.1 Å². The Morgan fingerprint density at radius 2 is 1.37 bits per heavy atom. The predicted octanol–water partition coefficient (Wildman–Crippen LogP) is 6.57. The molecule has 4 rings (SSSR count). The van der Waals surface area contributed by atoms with Crippen molar-refractivity contribution in [3.63, 3.8) is 0 Å². The molecule has 57 heavy (non-hydrogen) atoms. The number of Topliss-reactive ketones (excluding diaryl/α,β-unsaturated/α-hetero) is 1. The van der Waals surface area contributed by atoms with Crippen LogP contribution in [0.2, 0.25) is 0 Å². The topological polar surface area (TPSA) is 172 Å². The number of esters is 1. The zero-order valence-corrected chi connectivity index (χ0v) is 34.4. The lowest BCUT2D eigenvalue weighted by Gasteiger charge is -2.27. The number of phenolic OH excluding ortho intramolecular Hbond substituents is 2. The summed E-state index contributed by atoms with van der Waals surface area (Å²) < 4.78 is 39.2. The van der Waals surface area contributed by atoms with E-state index < -0.39 is 29.6 Å². The third-order valence-corrected chi connectivity index (χ3v) is 10.1. The molecule has 14 nitrogen and oxygen atoms in total. The first-order valence-electron chi connectivity index (χ1n) is 18.8. The SMILES string of the molecule is COc1cc(C(CC(=O)NCC(c2cc(OC)c(OC)c(OC)c2)N(C)C)c2c(O)cc3c(c2O)C(=O)O[C@@H](C)CCCC(=O)CCC/C=C/3)cc(OC)c1OC. The van der Waals surface area contributed by atoms with Gasteiger partial charge in [-0.1, -0.05) is 12.2 Å². The minimum absolute atomic E-state index is 0.0725. The normalized spacial score (nSPS) is 16.6. The number of benzene rings is 3. The molecular weight excluding hydrogens is 736 g/mol. The molecular formula is C43H56N2O12. The Morgan fingerprint density at radius 1 is 0.825 bits per heavy atom. The molecule has 1 aliphatic heterocycles. The number of methoxy groups -OCH3 is 6. The average molecular weight is 793 g/mol. The van der Waals surface area contributed by atoms with Crippen LogP contribution in [0, 0.1) is 0 Å². The fourth-order valence-corrected chi connectivity index (χ4v) is 7.07. The van der Waals surface area contributed by atoms with Crippen molar-refractivity contribution in [2.45, 2.75) is 69.9 Å². The maximum absolute atomic E-state index is 14.1. The van der Waals surface area contributed by atoms with Crippen molar-refractivity contribution < 1.29 is 57.8 Å². The molecule has 1 amide bonds. The van der Waals surface area contributed by atoms with Crippen molar-refractivity contribution in [2.24, 2.45) is 0 Å². The number of aromatic hydroxyl groups is 2. The maximum atomic E-state index is 14.1. The van der Waals surface area contributed by atoms with E-state index in [1.807, 2.05) is 31.1 Å². The minimum Gasteiger partial charge on any atom is -0.507 e. The Kier molecular flexibility index (Phi) is 15.9. The summed E-state index contributed by atoms with van der Waals surface area (Å²) in [6.45, 7) is 1.87. The fourth-order valence-electron chi connectivity index (χ4n) is 7.07. The molecule has 1 aliphatic rings. The number of carbonyl (C=O) groups excluding carboxylic acids is 3. The molecule has 0 spiro atoms. The number of hydrogen-bond donors (Lipinski definition) is 3. The second-order valence-corrected chi connectivity index (χ2v) is 14.0. The molecule has 3 atom stereocenters. The highest BCUT2D eigenvalue weighted by Crippen LogP contribution is 2.48. The number of nitrogens with one attached hydrogen (secondary N) is 1. The molecule has 0 saturated heterocycles. The molecule has 0 aromatic heterocycles. The highest BCUT2D eigenvalue weighted by molar-refractivity contribution is 5.98. The first kappa shape index (κ1) is 44.1. The van der Waals surface area contributed by atoms with Gasteiger partial charge < -0.3 is 53.6 Å². The number of allylic oxidation sites excluding steroid dienone is 1. The zero-order chi connectivity index (χ0) is 41.8. The molecule has 14 heteroatoms. The standard InChI is InChI=1S/C43H56N2O12/c1-25-14-13-17-29(46)16-12-10-11-15-26-18-32(47)39(40(49)38(26)43(50)57-25)30(27-19-33(51-4)41(55-8)34(20-27)52-5)23-37(48)44-24-31(45(2)3)28-21-35(53-6)42(56-9)36(22-28)54-7/h11,15,18-22,25,30-31,47,49H,10,12-14,16-17,23-24H2,1-9H3,(H,44,48)/b15-11+/t25-,30?,31?/m0/s1. The van der Waals surface area contributed by atoms with Crippen molar-refractivity contribution in [2.75, 3.05) is 63.3 Å². The van der Waals surface area contributed by atoms with Crippen LogP contribution >= 0.6 is 0 Å². The highest BCUT2D eigenvalue weighted by Gasteiger charge is 2.33. The second kappa shape index (κ2) is 20.5. The minimum atomic E-state index is -1.05. The van der Waals surface area contributed by atoms with Crippen LogP contribution in [-0.4, -0.2) is 102 Å². The lowest BCUT2D eigenvalue weighted by Crippen LogP contribution is -2.35. The van der Waals surface area contributed by atoms with Gasteiger partial charge in [0.2, 0.25) is 17.4 Å². The number of fused-ring (bicyclic) bond motifs is 1. The molecule has 0 fully saturated rings. The summed E-state index contributed by atoms with van der Waals surface area (Å²) in [4.78, 5) is 42.2. The van der Waals surface area contributed by atoms with Crippen molar-refractivity contribution >= 4 is 23.7 Å². The van der Waals surface area contributed by atoms with Gasteiger partial charge in [-0.3, -0.25) is 9.59 Å². The third-order valence-electron chi connectivity index (χ3n) is 10.1. The van der Waals surface area contributed by atoms with Gasteiger partial charge in [-0.15, -0.1) is 0 Å². The van der Waals surface area contributed by atoms with Crippen LogP contribution in [0.15, 0.2) is 36.4 Å². The molecule has 0 saturated carbocycles. The quantitative estimate of drug-likeness (QED) is 0.150. The summed E-state index contributed by atoms with van der Waals surface area (Å²) in [7, 11) is 12.7. The maximum Gasteiger partial charge on any atom is 0.342 e. The predicted molar refractivity (Wildman–Crippen MR) is 214 cm³/mol. The summed E-state index contributed by atoms with van der Waals surface area (Å²) in [5.74, 6) is -0.829. The highest BCUT2D eigenvalue weighted by atomic mass is 16.5. The van der Waals surface area contributed by atoms with Crippen molar-refractivity contribution in [3.05, 3.63) is 64.2 Å². The van der Waals surface area contributed by atoms with E-state index in [1.54, 1.807) is 31.2 Å². The van der Waals surface area contributed by atoms with Gasteiger partial charge >= 0.3 is 5.97 Å². The molecule has 1 heterocycles. The molecule has 3 aromatic rings. The molecule has 3 N–H and O–H groups in total. The number of ketones is 1. The third kappa shape index (κ3) is 10.6. The van der Waals surface area contributed by atoms with Crippen LogP contribution in [0.25, 0.3) is 6.08 Å². The van der Waals surface area contributed by atoms with E-state index in [0.717, 1.165) is 5.56 Å². The van der Waals surface area contributed by atoms with Gasteiger partial charge in [-0.2, -0.15) is 0 Å². The van der Waals surface area contributed by atoms with Crippen molar-refractivity contribution in [3.8, 4) is 46.0 Å². The first-order valence-corrected chi connectivity index (χ1v) is 18.8. The van der Waals surface area contributed by atoms with E-state index >= 15 is 0 Å². The van der Waals surface area contributed by atoms with E-state index in [9.17, 15) is 24.6 Å². The molecule has 0 radical (unpaired) electrons. The molecule has 3 aromatic carbocycles. The van der Waals surface area contributed by atoms with Gasteiger partial charge in [-0.25, -0.2) is 4.79 Å². The Labute approximate surface area is 334 Å². The molecule has 310 valence electrons. The molecule has 2 unspecified atom stereocenters. The lowest BCUT2D eigenvalue weighted by atomic mass is 9.84. The zero-order valence-electron chi connectivity index (χ0n) is 34.4. The summed E-state index contributed by atoms with van der Waals surface area (Å²) in [5, 5.41) is 26.8. The smallest absolute Gasteiger partial charge is 0.342 e. The summed E-state index contributed by atoms with van der Waals surface area (Å²) in [5.41, 5.74) is 1.19. The summed E-state index contributed by atoms with van der Waals surface area (Å²) >= 11 is 0. The number of likely N-dealkylation sites (N-methyl/N-ethyl adjacent to an activating group) is 1. The largest absolute Gasteiger partial charge is 0.507 e. The summed E-state index contributed by atoms with van der Waals surface area (Å²) in [6, 6.07) is 7.91. The molecule has 0 aliphatic carbocycles. The van der Waals surface area contributed by atoms with Gasteiger partial charge in [0, 0.05) is 37.3 Å². The number of cyclic esters (lactones) is 1. The van der Waals surface area contributed by atoms with Crippen LogP contribution in [0.1, 0.15) is 96.4 Å². The number of nitrogens with zero attached hydrogens (tertiary/aromatic N) is 1. The van der Waals surface area contributed by atoms with Crippen molar-refractivity contribution in [1.82, 2.24) is 10.2 Å². The Hall–Kier alpha value is -5.63. The average Bonchev–Trinajstić information content (AvgIpc) is 3.18. The van der Waals surface area contributed by atoms with E-state index in [4.69, 9.17) is 33.2 Å². The fraction of sp³-hybridized carbons (Fsp3) is 0.465. The monoisotopic (exact) mass is 792 g/mol. The van der Waals surface area contributed by atoms with Crippen LogP contribution in [0.3, 0.4) is 0 Å². The Morgan fingerprint density at radius 3 is 1.89 bits per heavy atom. The first-order chi connectivity index (χ1) is 27.3. The molecule has 0 bridgehead atoms. The van der Waals surface area contributed by atoms with Gasteiger partial charge in [0.05, 0.1) is 54.8 Å². The number of ether oxygens (including phenoxy) is 7. The van der Waals surface area contributed by atoms with Gasteiger partial charge in [0.1, 0.15) is 22.8 Å². The van der Waals surface area contributed by atoms with Crippen LogP contribution in [-0.2, 0) is 14.3 Å². The number of phenols is 2. The Balaban J connectivity index is 1.83. The van der Waals surface area contributed by atoms with Gasteiger partial charge in [0.25, 0.3) is 0 Å². The van der Waals surface area contributed by atoms with E-state index in [2.05, 4.69) is 5.32 Å². The second-order valence-electron chi connectivity index (χ2n) is 14.0. The van der Waals surface area contributed by atoms with Gasteiger partial charge in [-0.05, 0) is 93.7 Å². The Bertz CT molecular complexity index is 1870. The summed E-state index contributed by atoms with van der Waals surface area (Å²) in [6.07, 6.45) is 5.53. The lowest BCUT2D eigenvalue weighted by molar-refractivity contribution is -0.121. The number of carbonyl (C=O) groups is 3. The van der Waals surface area contributed by atoms with Crippen LogP contribution in [0.5, 0.6) is 46.0 Å². The number of rotatable bonds is 14. The van der Waals surface area contributed by atoms with Crippen LogP contribution < -0.4 is 33.7 Å². The van der Waals surface area contributed by atoms with Crippen molar-refractivity contribution in [1.29, 1.82) is 0 Å². The number of amides is 1. The van der Waals surface area contributed by atoms with Gasteiger partial charge in [0.15, 0.2) is 23.0 Å².